The van der Waals surface area contributed by atoms with Gasteiger partial charge in [0.15, 0.2) is 0 Å². The Bertz CT molecular complexity index is 689. The number of amides is 1. The summed E-state index contributed by atoms with van der Waals surface area (Å²) in [5.74, 6) is -0.258. The highest BCUT2D eigenvalue weighted by atomic mass is 19.1. The summed E-state index contributed by atoms with van der Waals surface area (Å²) >= 11 is 0. The van der Waals surface area contributed by atoms with Crippen LogP contribution in [-0.4, -0.2) is 41.9 Å². The van der Waals surface area contributed by atoms with Crippen LogP contribution in [0.25, 0.3) is 6.08 Å². The van der Waals surface area contributed by atoms with E-state index in [1.165, 1.54) is 17.7 Å². The minimum Gasteiger partial charge on any atom is -0.337 e. The summed E-state index contributed by atoms with van der Waals surface area (Å²) in [6.07, 6.45) is 3.30. The maximum atomic E-state index is 12.9. The SMILES string of the molecule is O=C(/C=C/c1ccc(F)cc1)N1CCN(Cc2ccccc2)CC1. The van der Waals surface area contributed by atoms with E-state index < -0.39 is 0 Å². The van der Waals surface area contributed by atoms with Gasteiger partial charge in [0.05, 0.1) is 0 Å². The zero-order valence-electron chi connectivity index (χ0n) is 13.6. The first kappa shape index (κ1) is 16.4. The molecule has 2 aromatic carbocycles. The van der Waals surface area contributed by atoms with Crippen LogP contribution in [0.5, 0.6) is 0 Å². The summed E-state index contributed by atoms with van der Waals surface area (Å²) < 4.78 is 12.9. The predicted octanol–water partition coefficient (Wildman–Crippen LogP) is 3.18. The van der Waals surface area contributed by atoms with Gasteiger partial charge >= 0.3 is 0 Å². The number of hydrogen-bond donors (Lipinski definition) is 0. The number of piperazine rings is 1. The molecule has 0 bridgehead atoms. The topological polar surface area (TPSA) is 23.6 Å². The van der Waals surface area contributed by atoms with Crippen molar-refractivity contribution < 1.29 is 9.18 Å². The molecule has 0 spiro atoms. The third-order valence-electron chi connectivity index (χ3n) is 4.22. The molecule has 0 unspecified atom stereocenters. The second-order valence-corrected chi connectivity index (χ2v) is 5.97. The largest absolute Gasteiger partial charge is 0.337 e. The van der Waals surface area contributed by atoms with Crippen LogP contribution in [0.1, 0.15) is 11.1 Å². The lowest BCUT2D eigenvalue weighted by Crippen LogP contribution is -2.47. The highest BCUT2D eigenvalue weighted by Gasteiger charge is 2.19. The quantitative estimate of drug-likeness (QED) is 0.807. The van der Waals surface area contributed by atoms with Crippen molar-refractivity contribution in [1.29, 1.82) is 0 Å². The fraction of sp³-hybridized carbons (Fsp3) is 0.250. The Balaban J connectivity index is 1.49. The average molecular weight is 324 g/mol. The molecule has 24 heavy (non-hydrogen) atoms. The summed E-state index contributed by atoms with van der Waals surface area (Å²) in [7, 11) is 0. The van der Waals surface area contributed by atoms with E-state index >= 15 is 0 Å². The van der Waals surface area contributed by atoms with Crippen molar-refractivity contribution >= 4 is 12.0 Å². The summed E-state index contributed by atoms with van der Waals surface area (Å²) in [6.45, 7) is 4.16. The van der Waals surface area contributed by atoms with E-state index in [0.29, 0.717) is 0 Å². The van der Waals surface area contributed by atoms with E-state index in [4.69, 9.17) is 0 Å². The first-order valence-electron chi connectivity index (χ1n) is 8.19. The molecule has 3 nitrogen and oxygen atoms in total. The maximum absolute atomic E-state index is 12.9. The maximum Gasteiger partial charge on any atom is 0.246 e. The van der Waals surface area contributed by atoms with Crippen molar-refractivity contribution in [2.24, 2.45) is 0 Å². The van der Waals surface area contributed by atoms with E-state index in [2.05, 4.69) is 29.2 Å². The van der Waals surface area contributed by atoms with Crippen molar-refractivity contribution in [3.63, 3.8) is 0 Å². The summed E-state index contributed by atoms with van der Waals surface area (Å²) in [6, 6.07) is 16.5. The number of nitrogens with zero attached hydrogens (tertiary/aromatic N) is 2. The minimum atomic E-state index is -0.270. The normalized spacial score (nSPS) is 15.8. The molecule has 1 amide bonds. The van der Waals surface area contributed by atoms with Crippen LogP contribution in [0.3, 0.4) is 0 Å². The Kier molecular flexibility index (Phi) is 5.39. The van der Waals surface area contributed by atoms with Crippen LogP contribution in [-0.2, 0) is 11.3 Å². The van der Waals surface area contributed by atoms with Crippen LogP contribution in [0, 0.1) is 5.82 Å². The molecule has 2 aromatic rings. The third kappa shape index (κ3) is 4.52. The molecule has 1 saturated heterocycles. The molecule has 0 radical (unpaired) electrons. The molecule has 1 heterocycles. The standard InChI is InChI=1S/C20H21FN2O/c21-19-9-6-17(7-10-19)8-11-20(24)23-14-12-22(13-15-23)16-18-4-2-1-3-5-18/h1-11H,12-16H2/b11-8+. The monoisotopic (exact) mass is 324 g/mol. The number of halogens is 1. The number of benzene rings is 2. The Morgan fingerprint density at radius 1 is 0.958 bits per heavy atom. The highest BCUT2D eigenvalue weighted by Crippen LogP contribution is 2.10. The van der Waals surface area contributed by atoms with Crippen LogP contribution in [0.15, 0.2) is 60.7 Å². The van der Waals surface area contributed by atoms with Gasteiger partial charge in [-0.2, -0.15) is 0 Å². The molecule has 0 saturated carbocycles. The van der Waals surface area contributed by atoms with Crippen molar-refractivity contribution in [3.05, 3.63) is 77.6 Å². The minimum absolute atomic E-state index is 0.0127. The number of carbonyl (C=O) groups excluding carboxylic acids is 1. The number of carbonyl (C=O) groups is 1. The Labute approximate surface area is 142 Å². The molecule has 1 fully saturated rings. The molecular formula is C20H21FN2O. The van der Waals surface area contributed by atoms with Crippen molar-refractivity contribution in [2.75, 3.05) is 26.2 Å². The fourth-order valence-corrected chi connectivity index (χ4v) is 2.81. The molecule has 4 heteroatoms. The second kappa shape index (κ2) is 7.88. The lowest BCUT2D eigenvalue weighted by atomic mass is 10.2. The van der Waals surface area contributed by atoms with Gasteiger partial charge in [-0.25, -0.2) is 4.39 Å². The molecule has 124 valence electrons. The molecule has 0 N–H and O–H groups in total. The van der Waals surface area contributed by atoms with Gasteiger partial charge in [0.25, 0.3) is 0 Å². The van der Waals surface area contributed by atoms with Crippen LogP contribution in [0.2, 0.25) is 0 Å². The van der Waals surface area contributed by atoms with Gasteiger partial charge in [-0.15, -0.1) is 0 Å². The van der Waals surface area contributed by atoms with Gasteiger partial charge in [-0.1, -0.05) is 42.5 Å². The van der Waals surface area contributed by atoms with Crippen LogP contribution >= 0.6 is 0 Å². The fourth-order valence-electron chi connectivity index (χ4n) is 2.81. The molecule has 1 aliphatic heterocycles. The Morgan fingerprint density at radius 2 is 1.62 bits per heavy atom. The first-order valence-corrected chi connectivity index (χ1v) is 8.19. The highest BCUT2D eigenvalue weighted by molar-refractivity contribution is 5.91. The molecule has 0 atom stereocenters. The van der Waals surface area contributed by atoms with Gasteiger partial charge in [-0.3, -0.25) is 9.69 Å². The van der Waals surface area contributed by atoms with Crippen molar-refractivity contribution in [1.82, 2.24) is 9.80 Å². The summed E-state index contributed by atoms with van der Waals surface area (Å²) in [5.41, 5.74) is 2.13. The van der Waals surface area contributed by atoms with Gasteiger partial charge in [0.2, 0.25) is 5.91 Å². The average Bonchev–Trinajstić information content (AvgIpc) is 2.62. The smallest absolute Gasteiger partial charge is 0.246 e. The number of rotatable bonds is 4. The van der Waals surface area contributed by atoms with Gasteiger partial charge < -0.3 is 4.90 Å². The molecule has 1 aliphatic rings. The lowest BCUT2D eigenvalue weighted by molar-refractivity contribution is -0.127. The third-order valence-corrected chi connectivity index (χ3v) is 4.22. The Morgan fingerprint density at radius 3 is 2.29 bits per heavy atom. The molecular weight excluding hydrogens is 303 g/mol. The van der Waals surface area contributed by atoms with E-state index in [-0.39, 0.29) is 11.7 Å². The van der Waals surface area contributed by atoms with Gasteiger partial charge in [0, 0.05) is 38.8 Å². The predicted molar refractivity (Wildman–Crippen MR) is 93.7 cm³/mol. The van der Waals surface area contributed by atoms with Crippen LogP contribution < -0.4 is 0 Å². The zero-order chi connectivity index (χ0) is 16.8. The summed E-state index contributed by atoms with van der Waals surface area (Å²) in [5, 5.41) is 0. The second-order valence-electron chi connectivity index (χ2n) is 5.97. The first-order chi connectivity index (χ1) is 11.7. The van der Waals surface area contributed by atoms with Gasteiger partial charge in [-0.05, 0) is 29.3 Å². The molecule has 0 aromatic heterocycles. The van der Waals surface area contributed by atoms with E-state index in [9.17, 15) is 9.18 Å². The molecule has 0 aliphatic carbocycles. The van der Waals surface area contributed by atoms with E-state index in [1.807, 2.05) is 11.0 Å². The molecule has 3 rings (SSSR count). The van der Waals surface area contributed by atoms with E-state index in [1.54, 1.807) is 24.3 Å². The number of hydrogen-bond acceptors (Lipinski definition) is 2. The van der Waals surface area contributed by atoms with Crippen molar-refractivity contribution in [3.8, 4) is 0 Å². The van der Waals surface area contributed by atoms with E-state index in [0.717, 1.165) is 38.3 Å². The van der Waals surface area contributed by atoms with Gasteiger partial charge in [0.1, 0.15) is 5.82 Å². The van der Waals surface area contributed by atoms with Crippen LogP contribution in [0.4, 0.5) is 4.39 Å². The summed E-state index contributed by atoms with van der Waals surface area (Å²) in [4.78, 5) is 16.5. The van der Waals surface area contributed by atoms with Crippen molar-refractivity contribution in [2.45, 2.75) is 6.54 Å². The Hall–Kier alpha value is -2.46. The lowest BCUT2D eigenvalue weighted by Gasteiger charge is -2.34. The zero-order valence-corrected chi connectivity index (χ0v) is 13.6.